The van der Waals surface area contributed by atoms with Gasteiger partial charge in [0.05, 0.1) is 19.3 Å². The maximum Gasteiger partial charge on any atom is 0.317 e. The smallest absolute Gasteiger partial charge is 0.317 e. The number of ether oxygens (including phenoxy) is 1. The molecule has 1 aliphatic heterocycles. The van der Waals surface area contributed by atoms with Gasteiger partial charge in [0.25, 0.3) is 0 Å². The second-order valence-electron chi connectivity index (χ2n) is 4.38. The number of carbonyl (C=O) groups is 3. The van der Waals surface area contributed by atoms with Crippen LogP contribution in [0.3, 0.4) is 0 Å². The highest BCUT2D eigenvalue weighted by molar-refractivity contribution is 5.79. The molecule has 0 saturated carbocycles. The summed E-state index contributed by atoms with van der Waals surface area (Å²) in [6, 6.07) is -0.946. The summed E-state index contributed by atoms with van der Waals surface area (Å²) < 4.78 is 5.05. The van der Waals surface area contributed by atoms with Gasteiger partial charge in [-0.1, -0.05) is 0 Å². The van der Waals surface area contributed by atoms with Crippen molar-refractivity contribution in [1.29, 1.82) is 0 Å². The van der Waals surface area contributed by atoms with Crippen LogP contribution in [-0.4, -0.2) is 67.8 Å². The van der Waals surface area contributed by atoms with Crippen molar-refractivity contribution in [2.45, 2.75) is 12.5 Å². The minimum atomic E-state index is -0.990. The molecule has 0 aromatic heterocycles. The second kappa shape index (κ2) is 6.93. The summed E-state index contributed by atoms with van der Waals surface area (Å²) in [5.41, 5.74) is 0. The maximum atomic E-state index is 11.8. The monoisotopic (exact) mass is 273 g/mol. The number of rotatable bonds is 5. The van der Waals surface area contributed by atoms with Crippen molar-refractivity contribution in [3.63, 3.8) is 0 Å². The van der Waals surface area contributed by atoms with Gasteiger partial charge in [-0.25, -0.2) is 4.79 Å². The summed E-state index contributed by atoms with van der Waals surface area (Å²) in [7, 11) is 3.07. The van der Waals surface area contributed by atoms with Gasteiger partial charge in [-0.3, -0.25) is 9.59 Å². The number of nitrogens with one attached hydrogen (secondary N) is 2. The Morgan fingerprint density at radius 3 is 2.63 bits per heavy atom. The first-order chi connectivity index (χ1) is 8.95. The molecule has 2 atom stereocenters. The van der Waals surface area contributed by atoms with Crippen molar-refractivity contribution in [2.24, 2.45) is 5.92 Å². The zero-order chi connectivity index (χ0) is 14.4. The van der Waals surface area contributed by atoms with Crippen LogP contribution in [0.2, 0.25) is 0 Å². The number of amides is 3. The molecule has 2 unspecified atom stereocenters. The fourth-order valence-corrected chi connectivity index (χ4v) is 1.70. The Morgan fingerprint density at radius 1 is 1.37 bits per heavy atom. The predicted octanol–water partition coefficient (Wildman–Crippen LogP) is -1.14. The molecule has 0 aromatic carbocycles. The molecule has 8 nitrogen and oxygen atoms in total. The number of carboxylic acid groups (broad SMARTS) is 1. The molecule has 1 rings (SSSR count). The van der Waals surface area contributed by atoms with Crippen LogP contribution in [0.15, 0.2) is 0 Å². The lowest BCUT2D eigenvalue weighted by Gasteiger charge is -2.22. The van der Waals surface area contributed by atoms with Gasteiger partial charge < -0.3 is 25.4 Å². The van der Waals surface area contributed by atoms with Crippen LogP contribution >= 0.6 is 0 Å². The molecule has 0 spiro atoms. The van der Waals surface area contributed by atoms with Crippen LogP contribution in [0.1, 0.15) is 6.42 Å². The fraction of sp³-hybridized carbons (Fsp3) is 0.727. The van der Waals surface area contributed by atoms with E-state index < -0.39 is 24.0 Å². The molecule has 8 heteroatoms. The number of aliphatic carboxylic acids is 1. The molecular formula is C11H19N3O5. The molecule has 1 fully saturated rings. The van der Waals surface area contributed by atoms with E-state index in [1.165, 1.54) is 11.9 Å². The first-order valence-electron chi connectivity index (χ1n) is 5.98. The lowest BCUT2D eigenvalue weighted by molar-refractivity contribution is -0.142. The lowest BCUT2D eigenvalue weighted by atomic mass is 10.0. The molecule has 0 aromatic rings. The first-order valence-corrected chi connectivity index (χ1v) is 5.98. The number of hydrogen-bond donors (Lipinski definition) is 3. The normalized spacial score (nSPS) is 21.8. The zero-order valence-electron chi connectivity index (χ0n) is 11.0. The Bertz CT molecular complexity index is 360. The average Bonchev–Trinajstić information content (AvgIpc) is 2.83. The quantitative estimate of drug-likeness (QED) is 0.587. The van der Waals surface area contributed by atoms with Crippen molar-refractivity contribution in [3.8, 4) is 0 Å². The van der Waals surface area contributed by atoms with E-state index in [-0.39, 0.29) is 32.1 Å². The van der Waals surface area contributed by atoms with Gasteiger partial charge in [0, 0.05) is 27.1 Å². The molecule has 3 N–H and O–H groups in total. The number of carboxylic acids is 1. The minimum absolute atomic E-state index is 0.0994. The van der Waals surface area contributed by atoms with E-state index in [0.29, 0.717) is 0 Å². The van der Waals surface area contributed by atoms with E-state index in [9.17, 15) is 14.4 Å². The molecule has 108 valence electrons. The average molecular weight is 273 g/mol. The molecule has 1 heterocycles. The highest BCUT2D eigenvalue weighted by Crippen LogP contribution is 2.14. The van der Waals surface area contributed by atoms with Gasteiger partial charge in [0.2, 0.25) is 5.91 Å². The van der Waals surface area contributed by atoms with Crippen LogP contribution < -0.4 is 10.6 Å². The molecule has 1 saturated heterocycles. The Balaban J connectivity index is 2.41. The Hall–Kier alpha value is -1.83. The standard InChI is InChI=1S/C11H19N3O5/c1-12-9(15)3-4-14(2)11(18)13-8-6-19-5-7(8)10(16)17/h7-8H,3-6H2,1-2H3,(H,12,15)(H,13,18)(H,16,17). The summed E-state index contributed by atoms with van der Waals surface area (Å²) in [4.78, 5) is 35.1. The van der Waals surface area contributed by atoms with E-state index >= 15 is 0 Å². The predicted molar refractivity (Wildman–Crippen MR) is 65.6 cm³/mol. The van der Waals surface area contributed by atoms with Crippen molar-refractivity contribution in [2.75, 3.05) is 33.9 Å². The number of carbonyl (C=O) groups excluding carboxylic acids is 2. The first kappa shape index (κ1) is 15.2. The number of urea groups is 1. The summed E-state index contributed by atoms with van der Waals surface area (Å²) in [6.07, 6.45) is 0.198. The van der Waals surface area contributed by atoms with E-state index in [1.54, 1.807) is 7.05 Å². The molecule has 1 aliphatic rings. The molecular weight excluding hydrogens is 254 g/mol. The molecule has 19 heavy (non-hydrogen) atoms. The van der Waals surface area contributed by atoms with Gasteiger partial charge in [-0.2, -0.15) is 0 Å². The summed E-state index contributed by atoms with van der Waals surface area (Å²) in [5.74, 6) is -1.88. The third-order valence-corrected chi connectivity index (χ3v) is 3.01. The molecule has 0 bridgehead atoms. The zero-order valence-corrected chi connectivity index (χ0v) is 11.0. The van der Waals surface area contributed by atoms with E-state index in [0.717, 1.165) is 0 Å². The van der Waals surface area contributed by atoms with Gasteiger partial charge in [0.1, 0.15) is 5.92 Å². The van der Waals surface area contributed by atoms with Crippen LogP contribution in [0, 0.1) is 5.92 Å². The summed E-state index contributed by atoms with van der Waals surface area (Å²) in [6.45, 7) is 0.547. The third-order valence-electron chi connectivity index (χ3n) is 3.01. The van der Waals surface area contributed by atoms with Crippen molar-refractivity contribution in [1.82, 2.24) is 15.5 Å². The van der Waals surface area contributed by atoms with Crippen LogP contribution in [0.25, 0.3) is 0 Å². The second-order valence-corrected chi connectivity index (χ2v) is 4.38. The Labute approximate surface area is 111 Å². The summed E-state index contributed by atoms with van der Waals surface area (Å²) in [5, 5.41) is 14.0. The SMILES string of the molecule is CNC(=O)CCN(C)C(=O)NC1COCC1C(=O)O. The molecule has 0 radical (unpaired) electrons. The highest BCUT2D eigenvalue weighted by atomic mass is 16.5. The largest absolute Gasteiger partial charge is 0.481 e. The lowest BCUT2D eigenvalue weighted by Crippen LogP contribution is -2.48. The van der Waals surface area contributed by atoms with Gasteiger partial charge >= 0.3 is 12.0 Å². The van der Waals surface area contributed by atoms with Crippen LogP contribution in [-0.2, 0) is 14.3 Å². The van der Waals surface area contributed by atoms with Crippen molar-refractivity contribution in [3.05, 3.63) is 0 Å². The van der Waals surface area contributed by atoms with Crippen molar-refractivity contribution < 1.29 is 24.2 Å². The Morgan fingerprint density at radius 2 is 2.05 bits per heavy atom. The van der Waals surface area contributed by atoms with E-state index in [1.807, 2.05) is 0 Å². The third kappa shape index (κ3) is 4.40. The van der Waals surface area contributed by atoms with E-state index in [2.05, 4.69) is 10.6 Å². The topological polar surface area (TPSA) is 108 Å². The molecule has 0 aliphatic carbocycles. The fourth-order valence-electron chi connectivity index (χ4n) is 1.70. The van der Waals surface area contributed by atoms with Crippen LogP contribution in [0.4, 0.5) is 4.79 Å². The molecule has 3 amide bonds. The van der Waals surface area contributed by atoms with Gasteiger partial charge in [-0.05, 0) is 0 Å². The minimum Gasteiger partial charge on any atom is -0.481 e. The number of hydrogen-bond acceptors (Lipinski definition) is 4. The van der Waals surface area contributed by atoms with Crippen LogP contribution in [0.5, 0.6) is 0 Å². The van der Waals surface area contributed by atoms with E-state index in [4.69, 9.17) is 9.84 Å². The van der Waals surface area contributed by atoms with Crippen molar-refractivity contribution >= 4 is 17.9 Å². The summed E-state index contributed by atoms with van der Waals surface area (Å²) >= 11 is 0. The highest BCUT2D eigenvalue weighted by Gasteiger charge is 2.35. The number of nitrogens with zero attached hydrogens (tertiary/aromatic N) is 1. The Kier molecular flexibility index (Phi) is 5.56. The van der Waals surface area contributed by atoms with Gasteiger partial charge in [-0.15, -0.1) is 0 Å². The maximum absolute atomic E-state index is 11.8. The van der Waals surface area contributed by atoms with Gasteiger partial charge in [0.15, 0.2) is 0 Å².